The highest BCUT2D eigenvalue weighted by Crippen LogP contribution is 2.33. The fraction of sp³-hybridized carbons (Fsp3) is 0.200. The Bertz CT molecular complexity index is 1360. The predicted octanol–water partition coefficient (Wildman–Crippen LogP) is 4.24. The third-order valence-electron chi connectivity index (χ3n) is 5.71. The number of hydrogen-bond donors (Lipinski definition) is 2. The predicted molar refractivity (Wildman–Crippen MR) is 129 cm³/mol. The van der Waals surface area contributed by atoms with Crippen molar-refractivity contribution in [2.24, 2.45) is 7.05 Å². The molecule has 0 fully saturated rings. The van der Waals surface area contributed by atoms with Gasteiger partial charge in [-0.05, 0) is 29.8 Å². The molecule has 0 spiro atoms. The lowest BCUT2D eigenvalue weighted by molar-refractivity contribution is 0.115. The van der Waals surface area contributed by atoms with Crippen LogP contribution in [0.25, 0.3) is 11.1 Å². The smallest absolute Gasteiger partial charge is 0.407 e. The monoisotopic (exact) mass is 472 g/mol. The van der Waals surface area contributed by atoms with Crippen molar-refractivity contribution in [1.82, 2.24) is 24.6 Å². The SMILES string of the molecule is COc1nc(Nc2ccc3c(n2)OC(c2ccccc2)CN(C(=O)O)C3)ccc1-c1cnn(C)c1. The maximum atomic E-state index is 11.8. The summed E-state index contributed by atoms with van der Waals surface area (Å²) >= 11 is 0. The Labute approximate surface area is 201 Å². The first-order valence-corrected chi connectivity index (χ1v) is 11.0. The van der Waals surface area contributed by atoms with E-state index in [4.69, 9.17) is 9.47 Å². The van der Waals surface area contributed by atoms with E-state index in [0.717, 1.165) is 16.7 Å². The zero-order valence-corrected chi connectivity index (χ0v) is 19.3. The number of aromatic nitrogens is 4. The summed E-state index contributed by atoms with van der Waals surface area (Å²) < 4.78 is 13.4. The molecule has 178 valence electrons. The van der Waals surface area contributed by atoms with E-state index in [1.54, 1.807) is 24.1 Å². The quantitative estimate of drug-likeness (QED) is 0.443. The second-order valence-corrected chi connectivity index (χ2v) is 8.12. The maximum absolute atomic E-state index is 11.8. The summed E-state index contributed by atoms with van der Waals surface area (Å²) in [7, 11) is 3.42. The lowest BCUT2D eigenvalue weighted by Crippen LogP contribution is -2.32. The third kappa shape index (κ3) is 4.72. The molecule has 0 radical (unpaired) electrons. The molecule has 4 heterocycles. The number of hydrogen-bond acceptors (Lipinski definition) is 7. The minimum Gasteiger partial charge on any atom is -0.480 e. The van der Waals surface area contributed by atoms with Gasteiger partial charge in [-0.15, -0.1) is 0 Å². The van der Waals surface area contributed by atoms with Crippen LogP contribution < -0.4 is 14.8 Å². The molecule has 0 saturated carbocycles. The number of carboxylic acid groups (broad SMARTS) is 1. The average Bonchev–Trinajstić information content (AvgIpc) is 3.20. The van der Waals surface area contributed by atoms with Gasteiger partial charge in [0, 0.05) is 29.9 Å². The first-order chi connectivity index (χ1) is 17.0. The van der Waals surface area contributed by atoms with Crippen molar-refractivity contribution >= 4 is 17.7 Å². The highest BCUT2D eigenvalue weighted by atomic mass is 16.5. The van der Waals surface area contributed by atoms with Crippen LogP contribution in [0.2, 0.25) is 0 Å². The molecule has 1 atom stereocenters. The van der Waals surface area contributed by atoms with Crippen LogP contribution in [-0.4, -0.2) is 49.5 Å². The van der Waals surface area contributed by atoms with Gasteiger partial charge in [0.25, 0.3) is 0 Å². The van der Waals surface area contributed by atoms with E-state index in [-0.39, 0.29) is 13.1 Å². The first kappa shape index (κ1) is 22.2. The number of carbonyl (C=O) groups is 1. The van der Waals surface area contributed by atoms with E-state index in [0.29, 0.717) is 29.0 Å². The van der Waals surface area contributed by atoms with Crippen molar-refractivity contribution in [2.45, 2.75) is 12.6 Å². The van der Waals surface area contributed by atoms with Crippen molar-refractivity contribution < 1.29 is 19.4 Å². The summed E-state index contributed by atoms with van der Waals surface area (Å²) in [4.78, 5) is 22.3. The highest BCUT2D eigenvalue weighted by Gasteiger charge is 2.28. The Balaban J connectivity index is 1.43. The number of anilines is 2. The van der Waals surface area contributed by atoms with Gasteiger partial charge in [-0.2, -0.15) is 15.1 Å². The van der Waals surface area contributed by atoms with E-state index in [2.05, 4.69) is 20.4 Å². The number of methoxy groups -OCH3 is 1. The van der Waals surface area contributed by atoms with Gasteiger partial charge in [0.15, 0.2) is 0 Å². The molecule has 0 bridgehead atoms. The number of ether oxygens (including phenoxy) is 2. The number of aryl methyl sites for hydroxylation is 1. The zero-order valence-electron chi connectivity index (χ0n) is 19.3. The molecular weight excluding hydrogens is 448 g/mol. The molecule has 1 aliphatic heterocycles. The molecule has 0 saturated heterocycles. The highest BCUT2D eigenvalue weighted by molar-refractivity contribution is 5.70. The summed E-state index contributed by atoms with van der Waals surface area (Å²) in [5.41, 5.74) is 3.29. The molecule has 2 N–H and O–H groups in total. The lowest BCUT2D eigenvalue weighted by atomic mass is 10.1. The summed E-state index contributed by atoms with van der Waals surface area (Å²) in [5, 5.41) is 17.1. The summed E-state index contributed by atoms with van der Waals surface area (Å²) in [6, 6.07) is 16.9. The number of benzene rings is 1. The molecule has 10 nitrogen and oxygen atoms in total. The van der Waals surface area contributed by atoms with Gasteiger partial charge < -0.3 is 19.9 Å². The van der Waals surface area contributed by atoms with Crippen LogP contribution in [0.1, 0.15) is 17.2 Å². The van der Waals surface area contributed by atoms with Gasteiger partial charge in [-0.1, -0.05) is 30.3 Å². The summed E-state index contributed by atoms with van der Waals surface area (Å²) in [6.45, 7) is 0.389. The molecule has 1 aliphatic rings. The Morgan fingerprint density at radius 1 is 1.11 bits per heavy atom. The van der Waals surface area contributed by atoms with Crippen LogP contribution in [0.4, 0.5) is 16.4 Å². The minimum absolute atomic E-state index is 0.188. The van der Waals surface area contributed by atoms with Crippen LogP contribution in [0, 0.1) is 0 Å². The Morgan fingerprint density at radius 2 is 1.89 bits per heavy atom. The van der Waals surface area contributed by atoms with E-state index in [1.807, 2.05) is 61.8 Å². The van der Waals surface area contributed by atoms with E-state index in [9.17, 15) is 9.90 Å². The average molecular weight is 473 g/mol. The van der Waals surface area contributed by atoms with Crippen molar-refractivity contribution in [3.63, 3.8) is 0 Å². The van der Waals surface area contributed by atoms with Crippen molar-refractivity contribution in [3.05, 3.63) is 78.1 Å². The van der Waals surface area contributed by atoms with Crippen molar-refractivity contribution in [2.75, 3.05) is 19.0 Å². The second-order valence-electron chi connectivity index (χ2n) is 8.12. The number of amides is 1. The van der Waals surface area contributed by atoms with Gasteiger partial charge in [0.1, 0.15) is 17.7 Å². The van der Waals surface area contributed by atoms with Crippen LogP contribution in [-0.2, 0) is 13.6 Å². The molecule has 4 aromatic rings. The lowest BCUT2D eigenvalue weighted by Gasteiger charge is -2.21. The van der Waals surface area contributed by atoms with Gasteiger partial charge in [-0.3, -0.25) is 9.58 Å². The summed E-state index contributed by atoms with van der Waals surface area (Å²) in [6.07, 6.45) is 2.16. The standard InChI is InChI=1S/C25H24N6O4/c1-30-13-18(12-26-30)19-9-11-22(29-24(19)34-2)27-21-10-8-17-14-31(25(32)33)15-20(35-23(17)28-21)16-6-4-3-5-7-16/h3-13,20H,14-15H2,1-2H3,(H,32,33)(H,27,28,29). The van der Waals surface area contributed by atoms with Gasteiger partial charge in [-0.25, -0.2) is 4.79 Å². The molecule has 3 aromatic heterocycles. The number of nitrogens with one attached hydrogen (secondary N) is 1. The Morgan fingerprint density at radius 3 is 2.60 bits per heavy atom. The van der Waals surface area contributed by atoms with Crippen LogP contribution in [0.5, 0.6) is 11.8 Å². The molecule has 0 aliphatic carbocycles. The zero-order chi connectivity index (χ0) is 24.4. The molecule has 1 aromatic carbocycles. The van der Waals surface area contributed by atoms with Crippen molar-refractivity contribution in [1.29, 1.82) is 0 Å². The fourth-order valence-corrected chi connectivity index (χ4v) is 3.97. The molecule has 1 unspecified atom stereocenters. The number of nitrogens with zero attached hydrogens (tertiary/aromatic N) is 5. The van der Waals surface area contributed by atoms with E-state index < -0.39 is 12.2 Å². The van der Waals surface area contributed by atoms with E-state index in [1.165, 1.54) is 4.90 Å². The normalized spacial score (nSPS) is 15.0. The maximum Gasteiger partial charge on any atom is 0.407 e. The number of rotatable bonds is 5. The number of fused-ring (bicyclic) bond motifs is 1. The van der Waals surface area contributed by atoms with Crippen LogP contribution in [0.15, 0.2) is 67.0 Å². The first-order valence-electron chi connectivity index (χ1n) is 11.0. The molecular formula is C25H24N6O4. The summed E-state index contributed by atoms with van der Waals surface area (Å²) in [5.74, 6) is 1.90. The van der Waals surface area contributed by atoms with Crippen LogP contribution >= 0.6 is 0 Å². The molecule has 10 heteroatoms. The number of pyridine rings is 2. The molecule has 35 heavy (non-hydrogen) atoms. The minimum atomic E-state index is -1.01. The van der Waals surface area contributed by atoms with Crippen molar-refractivity contribution in [3.8, 4) is 22.9 Å². The van der Waals surface area contributed by atoms with Gasteiger partial charge in [0.2, 0.25) is 11.8 Å². The van der Waals surface area contributed by atoms with E-state index >= 15 is 0 Å². The Hall–Kier alpha value is -4.60. The topological polar surface area (TPSA) is 115 Å². The van der Waals surface area contributed by atoms with Gasteiger partial charge >= 0.3 is 6.09 Å². The third-order valence-corrected chi connectivity index (χ3v) is 5.71. The second kappa shape index (κ2) is 9.34. The largest absolute Gasteiger partial charge is 0.480 e. The molecule has 5 rings (SSSR count). The van der Waals surface area contributed by atoms with Crippen LogP contribution in [0.3, 0.4) is 0 Å². The van der Waals surface area contributed by atoms with Gasteiger partial charge in [0.05, 0.1) is 26.4 Å². The molecule has 1 amide bonds. The fourth-order valence-electron chi connectivity index (χ4n) is 3.97. The Kier molecular flexibility index (Phi) is 5.92.